The molecule has 0 radical (unpaired) electrons. The standard InChI is InChI=1S/C48H58N10O4/c1-35-31-38(34-44-52-45(49-41-15-7-4-8-16-41)55-48(54-44)58(25-11-29-61)26-12-30-62)17-18-39(35)19-20-40-21-22-42(32-36(40)2)50-46-51-43(33-37-13-5-3-6-14-37)53-47(56-46)57(23-9-27-59)24-10-28-60/h3-8,13-22,31-32,59-62H,9-12,23-30,33-34H2,1-2H3,(H,49,52,54,55)(H,50,51,53,56)/b20-19+. The number of nitrogens with zero attached hydrogens (tertiary/aromatic N) is 8. The zero-order valence-corrected chi connectivity index (χ0v) is 35.7. The van der Waals surface area contributed by atoms with Crippen LogP contribution in [0.2, 0.25) is 0 Å². The molecule has 0 bridgehead atoms. The lowest BCUT2D eigenvalue weighted by Gasteiger charge is -2.23. The Balaban J connectivity index is 1.18. The summed E-state index contributed by atoms with van der Waals surface area (Å²) < 4.78 is 0. The predicted molar refractivity (Wildman–Crippen MR) is 247 cm³/mol. The molecule has 6 N–H and O–H groups in total. The number of rotatable bonds is 24. The molecule has 0 atom stereocenters. The second kappa shape index (κ2) is 23.6. The smallest absolute Gasteiger partial charge is 0.232 e. The van der Waals surface area contributed by atoms with E-state index in [9.17, 15) is 20.4 Å². The molecule has 324 valence electrons. The van der Waals surface area contributed by atoms with E-state index in [4.69, 9.17) is 29.9 Å². The summed E-state index contributed by atoms with van der Waals surface area (Å²) in [4.78, 5) is 32.7. The van der Waals surface area contributed by atoms with E-state index in [1.54, 1.807) is 0 Å². The summed E-state index contributed by atoms with van der Waals surface area (Å²) in [5.41, 5.74) is 8.20. The van der Waals surface area contributed by atoms with Gasteiger partial charge in [0.2, 0.25) is 23.8 Å². The van der Waals surface area contributed by atoms with E-state index >= 15 is 0 Å². The molecule has 0 spiro atoms. The lowest BCUT2D eigenvalue weighted by molar-refractivity contribution is 0.281. The highest BCUT2D eigenvalue weighted by Crippen LogP contribution is 2.24. The van der Waals surface area contributed by atoms with Gasteiger partial charge in [0.25, 0.3) is 0 Å². The number of anilines is 6. The van der Waals surface area contributed by atoms with Crippen LogP contribution in [0.3, 0.4) is 0 Å². The molecule has 14 heteroatoms. The largest absolute Gasteiger partial charge is 0.396 e. The Hall–Kier alpha value is -6.32. The molecule has 6 aromatic rings. The van der Waals surface area contributed by atoms with Crippen molar-refractivity contribution in [1.82, 2.24) is 29.9 Å². The van der Waals surface area contributed by atoms with Crippen LogP contribution in [0.25, 0.3) is 12.2 Å². The highest BCUT2D eigenvalue weighted by molar-refractivity contribution is 5.74. The molecule has 0 fully saturated rings. The highest BCUT2D eigenvalue weighted by atomic mass is 16.3. The molecule has 2 heterocycles. The molecule has 0 saturated carbocycles. The van der Waals surface area contributed by atoms with Crippen LogP contribution in [0.15, 0.2) is 97.1 Å². The lowest BCUT2D eigenvalue weighted by Crippen LogP contribution is -2.29. The average molecular weight is 839 g/mol. The number of benzene rings is 4. The van der Waals surface area contributed by atoms with Crippen LogP contribution in [0, 0.1) is 13.8 Å². The summed E-state index contributed by atoms with van der Waals surface area (Å²) in [6, 6.07) is 32.3. The molecule has 4 aromatic carbocycles. The number of nitrogens with one attached hydrogen (secondary N) is 2. The Bertz CT molecular complexity index is 2150. The summed E-state index contributed by atoms with van der Waals surface area (Å²) >= 11 is 0. The fourth-order valence-electron chi connectivity index (χ4n) is 6.93. The van der Waals surface area contributed by atoms with E-state index < -0.39 is 0 Å². The minimum atomic E-state index is 0.0462. The Kier molecular flexibility index (Phi) is 17.2. The first kappa shape index (κ1) is 45.2. The van der Waals surface area contributed by atoms with Gasteiger partial charge in [-0.2, -0.15) is 29.9 Å². The van der Waals surface area contributed by atoms with Crippen LogP contribution in [-0.4, -0.2) is 103 Å². The maximum absolute atomic E-state index is 9.55. The van der Waals surface area contributed by atoms with Gasteiger partial charge in [-0.3, -0.25) is 0 Å². The van der Waals surface area contributed by atoms with Crippen LogP contribution in [-0.2, 0) is 12.8 Å². The highest BCUT2D eigenvalue weighted by Gasteiger charge is 2.17. The normalized spacial score (nSPS) is 11.3. The molecule has 0 aliphatic rings. The molecule has 14 nitrogen and oxygen atoms in total. The Labute approximate surface area is 364 Å². The van der Waals surface area contributed by atoms with Crippen molar-refractivity contribution >= 4 is 47.3 Å². The zero-order valence-electron chi connectivity index (χ0n) is 35.7. The number of hydrogen-bond donors (Lipinski definition) is 6. The van der Waals surface area contributed by atoms with E-state index in [-0.39, 0.29) is 26.4 Å². The lowest BCUT2D eigenvalue weighted by atomic mass is 10.0. The van der Waals surface area contributed by atoms with Crippen LogP contribution >= 0.6 is 0 Å². The molecular weight excluding hydrogens is 781 g/mol. The van der Waals surface area contributed by atoms with Crippen molar-refractivity contribution in [3.8, 4) is 0 Å². The van der Waals surface area contributed by atoms with Crippen LogP contribution in [0.4, 0.5) is 35.2 Å². The molecular formula is C48H58N10O4. The van der Waals surface area contributed by atoms with Crippen LogP contribution < -0.4 is 20.4 Å². The minimum absolute atomic E-state index is 0.0462. The molecule has 0 unspecified atom stereocenters. The number of aromatic nitrogens is 6. The van der Waals surface area contributed by atoms with Crippen molar-refractivity contribution in [2.24, 2.45) is 0 Å². The molecule has 0 amide bonds. The molecule has 2 aromatic heterocycles. The van der Waals surface area contributed by atoms with Gasteiger partial charge in [-0.1, -0.05) is 84.9 Å². The monoisotopic (exact) mass is 838 g/mol. The van der Waals surface area contributed by atoms with Gasteiger partial charge in [0.05, 0.1) is 0 Å². The van der Waals surface area contributed by atoms with Gasteiger partial charge in [0.15, 0.2) is 0 Å². The van der Waals surface area contributed by atoms with E-state index in [1.807, 2.05) is 76.5 Å². The van der Waals surface area contributed by atoms with Gasteiger partial charge in [-0.25, -0.2) is 0 Å². The van der Waals surface area contributed by atoms with Gasteiger partial charge in [0.1, 0.15) is 11.6 Å². The maximum Gasteiger partial charge on any atom is 0.232 e. The van der Waals surface area contributed by atoms with Gasteiger partial charge < -0.3 is 40.9 Å². The average Bonchev–Trinajstić information content (AvgIpc) is 3.27. The van der Waals surface area contributed by atoms with Crippen LogP contribution in [0.1, 0.15) is 70.7 Å². The minimum Gasteiger partial charge on any atom is -0.396 e. The number of aryl methyl sites for hydroxylation is 2. The predicted octanol–water partition coefficient (Wildman–Crippen LogP) is 6.66. The third-order valence-electron chi connectivity index (χ3n) is 10.1. The first-order valence-corrected chi connectivity index (χ1v) is 21.3. The first-order chi connectivity index (χ1) is 30.3. The Morgan fingerprint density at radius 2 is 0.919 bits per heavy atom. The number of aliphatic hydroxyl groups excluding tert-OH is 4. The zero-order chi connectivity index (χ0) is 43.5. The SMILES string of the molecule is Cc1cc(Cc2nc(Nc3ccccc3)nc(N(CCCO)CCCO)n2)ccc1/C=C/c1ccc(Nc2nc(Cc3ccccc3)nc(N(CCCO)CCCO)n2)cc1C. The van der Waals surface area contributed by atoms with E-state index in [0.29, 0.717) is 100 Å². The van der Waals surface area contributed by atoms with Crippen molar-refractivity contribution in [2.45, 2.75) is 52.4 Å². The summed E-state index contributed by atoms with van der Waals surface area (Å²) in [5, 5.41) is 44.9. The maximum atomic E-state index is 9.55. The van der Waals surface area contributed by atoms with Gasteiger partial charge in [-0.15, -0.1) is 0 Å². The molecule has 0 saturated heterocycles. The fourth-order valence-corrected chi connectivity index (χ4v) is 6.93. The van der Waals surface area contributed by atoms with Crippen molar-refractivity contribution in [2.75, 3.05) is 73.0 Å². The third kappa shape index (κ3) is 13.6. The molecule has 62 heavy (non-hydrogen) atoms. The number of hydrogen-bond acceptors (Lipinski definition) is 14. The molecule has 0 aliphatic carbocycles. The Morgan fingerprint density at radius 3 is 1.40 bits per heavy atom. The quantitative estimate of drug-likeness (QED) is 0.0355. The second-order valence-electron chi connectivity index (χ2n) is 15.1. The summed E-state index contributed by atoms with van der Waals surface area (Å²) in [6.45, 7) is 6.57. The van der Waals surface area contributed by atoms with Crippen LogP contribution in [0.5, 0.6) is 0 Å². The summed E-state index contributed by atoms with van der Waals surface area (Å²) in [7, 11) is 0. The van der Waals surface area contributed by atoms with E-state index in [1.165, 1.54) is 0 Å². The summed E-state index contributed by atoms with van der Waals surface area (Å²) in [6.07, 6.45) is 7.49. The molecule has 6 rings (SSSR count). The van der Waals surface area contributed by atoms with E-state index in [0.717, 1.165) is 44.8 Å². The first-order valence-electron chi connectivity index (χ1n) is 21.3. The van der Waals surface area contributed by atoms with Crippen molar-refractivity contribution in [1.29, 1.82) is 0 Å². The summed E-state index contributed by atoms with van der Waals surface area (Å²) in [5.74, 6) is 3.10. The number of para-hydroxylation sites is 1. The fraction of sp³-hybridized carbons (Fsp3) is 0.333. The van der Waals surface area contributed by atoms with Gasteiger partial charge in [-0.05, 0) is 97.2 Å². The van der Waals surface area contributed by atoms with Crippen molar-refractivity contribution in [3.63, 3.8) is 0 Å². The third-order valence-corrected chi connectivity index (χ3v) is 10.1. The Morgan fingerprint density at radius 1 is 0.468 bits per heavy atom. The van der Waals surface area contributed by atoms with Crippen molar-refractivity contribution < 1.29 is 20.4 Å². The van der Waals surface area contributed by atoms with E-state index in [2.05, 4.69) is 67.0 Å². The topological polar surface area (TPSA) is 189 Å². The van der Waals surface area contributed by atoms with Crippen molar-refractivity contribution in [3.05, 3.63) is 142 Å². The van der Waals surface area contributed by atoms with Gasteiger partial charge in [0, 0.05) is 76.8 Å². The molecule has 0 aliphatic heterocycles. The van der Waals surface area contributed by atoms with Gasteiger partial charge >= 0.3 is 0 Å². The number of aliphatic hydroxyl groups is 4. The second-order valence-corrected chi connectivity index (χ2v) is 15.1.